The van der Waals surface area contributed by atoms with Gasteiger partial charge >= 0.3 is 5.97 Å². The largest absolute Gasteiger partial charge is 0.504 e. The molecule has 5 heteroatoms. The second-order valence-electron chi connectivity index (χ2n) is 2.98. The van der Waals surface area contributed by atoms with E-state index in [4.69, 9.17) is 14.6 Å². The lowest BCUT2D eigenvalue weighted by Crippen LogP contribution is -2.05. The first-order valence-electron chi connectivity index (χ1n) is 4.92. The first kappa shape index (κ1) is 12.3. The van der Waals surface area contributed by atoms with Crippen LogP contribution >= 0.6 is 0 Å². The highest BCUT2D eigenvalue weighted by molar-refractivity contribution is 5.90. The summed E-state index contributed by atoms with van der Waals surface area (Å²) in [5.74, 6) is -0.424. The van der Waals surface area contributed by atoms with Crippen LogP contribution in [0.25, 0.3) is 0 Å². The summed E-state index contributed by atoms with van der Waals surface area (Å²) in [5, 5.41) is 18.1. The summed E-state index contributed by atoms with van der Waals surface area (Å²) in [4.78, 5) is 11.3. The Morgan fingerprint density at radius 3 is 2.75 bits per heavy atom. The fourth-order valence-electron chi connectivity index (χ4n) is 1.14. The minimum atomic E-state index is -0.494. The van der Waals surface area contributed by atoms with E-state index in [2.05, 4.69) is 0 Å². The first-order valence-corrected chi connectivity index (χ1v) is 4.92. The molecule has 0 amide bonds. The number of esters is 1. The van der Waals surface area contributed by atoms with Crippen molar-refractivity contribution >= 4 is 5.97 Å². The highest BCUT2D eigenvalue weighted by Crippen LogP contribution is 2.26. The number of phenols is 1. The van der Waals surface area contributed by atoms with Gasteiger partial charge in [0.05, 0.1) is 18.8 Å². The summed E-state index contributed by atoms with van der Waals surface area (Å²) in [6.45, 7) is 1.93. The zero-order valence-electron chi connectivity index (χ0n) is 8.97. The molecule has 0 aliphatic heterocycles. The maximum absolute atomic E-state index is 11.3. The Morgan fingerprint density at radius 1 is 1.44 bits per heavy atom. The molecule has 0 saturated heterocycles. The molecule has 0 aromatic heterocycles. The van der Waals surface area contributed by atoms with Gasteiger partial charge in [0.1, 0.15) is 6.61 Å². The normalized spacial score (nSPS) is 9.88. The van der Waals surface area contributed by atoms with Gasteiger partial charge in [-0.3, -0.25) is 0 Å². The van der Waals surface area contributed by atoms with Gasteiger partial charge in [-0.15, -0.1) is 0 Å². The van der Waals surface area contributed by atoms with Crippen molar-refractivity contribution in [1.82, 2.24) is 0 Å². The summed E-state index contributed by atoms with van der Waals surface area (Å²) >= 11 is 0. The van der Waals surface area contributed by atoms with Crippen molar-refractivity contribution in [3.8, 4) is 11.5 Å². The SMILES string of the molecule is CCOC(=O)c1ccc(OCCO)c(O)c1. The van der Waals surface area contributed by atoms with Crippen LogP contribution in [-0.4, -0.2) is 36.0 Å². The van der Waals surface area contributed by atoms with E-state index in [1.807, 2.05) is 0 Å². The number of aromatic hydroxyl groups is 1. The molecule has 0 fully saturated rings. The van der Waals surface area contributed by atoms with Gasteiger partial charge in [-0.05, 0) is 25.1 Å². The van der Waals surface area contributed by atoms with Crippen LogP contribution in [0.4, 0.5) is 0 Å². The van der Waals surface area contributed by atoms with Crippen LogP contribution in [0.15, 0.2) is 18.2 Å². The quantitative estimate of drug-likeness (QED) is 0.731. The number of aliphatic hydroxyl groups excluding tert-OH is 1. The minimum absolute atomic E-state index is 0.0896. The van der Waals surface area contributed by atoms with E-state index < -0.39 is 5.97 Å². The number of aliphatic hydroxyl groups is 1. The maximum Gasteiger partial charge on any atom is 0.338 e. The Balaban J connectivity index is 2.78. The van der Waals surface area contributed by atoms with E-state index in [-0.39, 0.29) is 36.9 Å². The third-order valence-corrected chi connectivity index (χ3v) is 1.82. The Bertz CT molecular complexity index is 361. The van der Waals surface area contributed by atoms with Gasteiger partial charge in [0.15, 0.2) is 11.5 Å². The van der Waals surface area contributed by atoms with Crippen LogP contribution in [0.1, 0.15) is 17.3 Å². The molecule has 2 N–H and O–H groups in total. The van der Waals surface area contributed by atoms with Crippen LogP contribution in [0, 0.1) is 0 Å². The summed E-state index contributed by atoms with van der Waals surface area (Å²) in [7, 11) is 0. The molecule has 0 radical (unpaired) electrons. The zero-order valence-corrected chi connectivity index (χ0v) is 8.97. The number of carbonyl (C=O) groups is 1. The maximum atomic E-state index is 11.3. The highest BCUT2D eigenvalue weighted by atomic mass is 16.5. The van der Waals surface area contributed by atoms with Gasteiger partial charge in [-0.1, -0.05) is 0 Å². The second kappa shape index (κ2) is 5.97. The number of benzene rings is 1. The number of phenolic OH excluding ortho intramolecular Hbond substituents is 1. The fraction of sp³-hybridized carbons (Fsp3) is 0.364. The lowest BCUT2D eigenvalue weighted by Gasteiger charge is -2.07. The predicted octanol–water partition coefficient (Wildman–Crippen LogP) is 0.940. The molecule has 1 aromatic carbocycles. The van der Waals surface area contributed by atoms with Crippen molar-refractivity contribution in [2.75, 3.05) is 19.8 Å². The van der Waals surface area contributed by atoms with Crippen molar-refractivity contribution in [3.05, 3.63) is 23.8 Å². The van der Waals surface area contributed by atoms with Gasteiger partial charge in [-0.2, -0.15) is 0 Å². The van der Waals surface area contributed by atoms with Crippen LogP contribution in [0.5, 0.6) is 11.5 Å². The Morgan fingerprint density at radius 2 is 2.19 bits per heavy atom. The third-order valence-electron chi connectivity index (χ3n) is 1.82. The van der Waals surface area contributed by atoms with Crippen molar-refractivity contribution in [3.63, 3.8) is 0 Å². The number of rotatable bonds is 5. The number of hydrogen-bond acceptors (Lipinski definition) is 5. The van der Waals surface area contributed by atoms with E-state index in [0.717, 1.165) is 0 Å². The molecule has 0 aliphatic carbocycles. The van der Waals surface area contributed by atoms with E-state index in [1.54, 1.807) is 6.92 Å². The number of carbonyl (C=O) groups excluding carboxylic acids is 1. The monoisotopic (exact) mass is 226 g/mol. The van der Waals surface area contributed by atoms with E-state index >= 15 is 0 Å². The van der Waals surface area contributed by atoms with Gasteiger partial charge in [0, 0.05) is 0 Å². The van der Waals surface area contributed by atoms with Crippen LogP contribution in [0.3, 0.4) is 0 Å². The molecule has 16 heavy (non-hydrogen) atoms. The van der Waals surface area contributed by atoms with Gasteiger partial charge < -0.3 is 19.7 Å². The van der Waals surface area contributed by atoms with E-state index in [1.165, 1.54) is 18.2 Å². The summed E-state index contributed by atoms with van der Waals surface area (Å²) in [6, 6.07) is 4.21. The molecule has 0 unspecified atom stereocenters. The molecule has 5 nitrogen and oxygen atoms in total. The minimum Gasteiger partial charge on any atom is -0.504 e. The lowest BCUT2D eigenvalue weighted by molar-refractivity contribution is 0.0525. The number of hydrogen-bond donors (Lipinski definition) is 2. The average molecular weight is 226 g/mol. The number of ether oxygens (including phenoxy) is 2. The molecular weight excluding hydrogens is 212 g/mol. The molecule has 0 heterocycles. The first-order chi connectivity index (χ1) is 7.69. The van der Waals surface area contributed by atoms with Crippen LogP contribution in [-0.2, 0) is 4.74 Å². The van der Waals surface area contributed by atoms with Crippen molar-refractivity contribution < 1.29 is 24.5 Å². The molecule has 0 atom stereocenters. The van der Waals surface area contributed by atoms with Gasteiger partial charge in [-0.25, -0.2) is 4.79 Å². The topological polar surface area (TPSA) is 76.0 Å². The van der Waals surface area contributed by atoms with Gasteiger partial charge in [0.25, 0.3) is 0 Å². The Kier molecular flexibility index (Phi) is 4.60. The fourth-order valence-corrected chi connectivity index (χ4v) is 1.14. The molecule has 1 aromatic rings. The second-order valence-corrected chi connectivity index (χ2v) is 2.98. The van der Waals surface area contributed by atoms with Crippen LogP contribution < -0.4 is 4.74 Å². The van der Waals surface area contributed by atoms with Crippen molar-refractivity contribution in [2.45, 2.75) is 6.92 Å². The molecule has 0 saturated carbocycles. The van der Waals surface area contributed by atoms with Crippen molar-refractivity contribution in [2.24, 2.45) is 0 Å². The highest BCUT2D eigenvalue weighted by Gasteiger charge is 2.10. The summed E-state index contributed by atoms with van der Waals surface area (Å²) < 4.78 is 9.80. The molecule has 0 aliphatic rings. The molecule has 88 valence electrons. The smallest absolute Gasteiger partial charge is 0.338 e. The Hall–Kier alpha value is -1.75. The van der Waals surface area contributed by atoms with Crippen LogP contribution in [0.2, 0.25) is 0 Å². The van der Waals surface area contributed by atoms with Gasteiger partial charge in [0.2, 0.25) is 0 Å². The molecular formula is C11H14O5. The molecule has 0 spiro atoms. The molecule has 1 rings (SSSR count). The van der Waals surface area contributed by atoms with Crippen molar-refractivity contribution in [1.29, 1.82) is 0 Å². The summed E-state index contributed by atoms with van der Waals surface area (Å²) in [6.07, 6.45) is 0. The Labute approximate surface area is 93.2 Å². The average Bonchev–Trinajstić information content (AvgIpc) is 2.27. The van der Waals surface area contributed by atoms with E-state index in [9.17, 15) is 9.90 Å². The molecule has 0 bridgehead atoms. The van der Waals surface area contributed by atoms with E-state index in [0.29, 0.717) is 0 Å². The summed E-state index contributed by atoms with van der Waals surface area (Å²) in [5.41, 5.74) is 0.260. The lowest BCUT2D eigenvalue weighted by atomic mass is 10.2. The predicted molar refractivity (Wildman–Crippen MR) is 56.6 cm³/mol. The third kappa shape index (κ3) is 3.13. The zero-order chi connectivity index (χ0) is 12.0. The standard InChI is InChI=1S/C11H14O5/c1-2-15-11(14)8-3-4-10(9(13)7-8)16-6-5-12/h3-4,7,12-13H,2,5-6H2,1H3.